The molecule has 27 heavy (non-hydrogen) atoms. The Balaban J connectivity index is 1.77. The Kier molecular flexibility index (Phi) is 5.62. The van der Waals surface area contributed by atoms with Crippen molar-refractivity contribution in [1.29, 1.82) is 0 Å². The van der Waals surface area contributed by atoms with Crippen LogP contribution in [0.3, 0.4) is 0 Å². The first-order valence-corrected chi connectivity index (χ1v) is 10.4. The lowest BCUT2D eigenvalue weighted by molar-refractivity contribution is 0.102. The van der Waals surface area contributed by atoms with Crippen LogP contribution in [0, 0.1) is 6.92 Å². The van der Waals surface area contributed by atoms with Crippen molar-refractivity contribution in [2.75, 3.05) is 10.0 Å². The summed E-state index contributed by atoms with van der Waals surface area (Å²) in [5.74, 6) is -0.325. The van der Waals surface area contributed by atoms with E-state index in [0.717, 1.165) is 10.0 Å². The van der Waals surface area contributed by atoms with E-state index in [1.165, 1.54) is 6.07 Å². The number of nitrogens with one attached hydrogen (secondary N) is 2. The molecule has 0 aromatic heterocycles. The third kappa shape index (κ3) is 4.96. The summed E-state index contributed by atoms with van der Waals surface area (Å²) in [6, 6.07) is 20.1. The van der Waals surface area contributed by atoms with Gasteiger partial charge >= 0.3 is 0 Å². The van der Waals surface area contributed by atoms with Crippen LogP contribution in [0.1, 0.15) is 15.9 Å². The zero-order chi connectivity index (χ0) is 19.4. The number of aryl methyl sites for hydroxylation is 1. The van der Waals surface area contributed by atoms with Gasteiger partial charge in [-0.25, -0.2) is 8.42 Å². The molecule has 1 amide bonds. The summed E-state index contributed by atoms with van der Waals surface area (Å²) in [5.41, 5.74) is 2.29. The molecule has 0 spiro atoms. The molecule has 0 radical (unpaired) electrons. The Labute approximate surface area is 166 Å². The predicted molar refractivity (Wildman–Crippen MR) is 111 cm³/mol. The molecule has 0 saturated heterocycles. The van der Waals surface area contributed by atoms with E-state index in [1.54, 1.807) is 54.6 Å². The summed E-state index contributed by atoms with van der Waals surface area (Å²) in [5, 5.41) is 2.78. The fourth-order valence-corrected chi connectivity index (χ4v) is 3.71. The number of hydrogen-bond acceptors (Lipinski definition) is 3. The zero-order valence-electron chi connectivity index (χ0n) is 14.4. The quantitative estimate of drug-likeness (QED) is 0.592. The monoisotopic (exact) mass is 444 g/mol. The lowest BCUT2D eigenvalue weighted by Gasteiger charge is -2.10. The first kappa shape index (κ1) is 19.1. The van der Waals surface area contributed by atoms with Crippen molar-refractivity contribution in [3.05, 3.63) is 88.4 Å². The number of benzene rings is 3. The molecule has 0 atom stereocenters. The normalized spacial score (nSPS) is 11.0. The van der Waals surface area contributed by atoms with Crippen LogP contribution in [0.2, 0.25) is 0 Å². The van der Waals surface area contributed by atoms with E-state index in [4.69, 9.17) is 0 Å². The van der Waals surface area contributed by atoms with E-state index in [-0.39, 0.29) is 10.8 Å². The predicted octanol–water partition coefficient (Wildman–Crippen LogP) is 4.81. The largest absolute Gasteiger partial charge is 0.322 e. The van der Waals surface area contributed by atoms with Gasteiger partial charge < -0.3 is 5.32 Å². The summed E-state index contributed by atoms with van der Waals surface area (Å²) < 4.78 is 28.4. The molecule has 0 unspecified atom stereocenters. The minimum absolute atomic E-state index is 0.165. The molecule has 138 valence electrons. The molecule has 2 N–H and O–H groups in total. The van der Waals surface area contributed by atoms with E-state index >= 15 is 0 Å². The van der Waals surface area contributed by atoms with Gasteiger partial charge in [0.1, 0.15) is 0 Å². The van der Waals surface area contributed by atoms with Gasteiger partial charge in [-0.15, -0.1) is 0 Å². The SMILES string of the molecule is Cc1ccc(S(=O)(=O)Nc2cccc(C(=O)Nc3ccc(Br)cc3)c2)cc1. The molecular formula is C20H17BrN2O3S. The van der Waals surface area contributed by atoms with Crippen LogP contribution in [0.4, 0.5) is 11.4 Å². The second-order valence-electron chi connectivity index (χ2n) is 5.96. The number of anilines is 2. The Bertz CT molecular complexity index is 1060. The number of halogens is 1. The van der Waals surface area contributed by atoms with Crippen LogP contribution in [-0.4, -0.2) is 14.3 Å². The molecular weight excluding hydrogens is 428 g/mol. The lowest BCUT2D eigenvalue weighted by Crippen LogP contribution is -2.15. The maximum absolute atomic E-state index is 12.5. The topological polar surface area (TPSA) is 75.3 Å². The van der Waals surface area contributed by atoms with Crippen LogP contribution in [-0.2, 0) is 10.0 Å². The first-order valence-electron chi connectivity index (χ1n) is 8.10. The van der Waals surface area contributed by atoms with Gasteiger partial charge in [0.05, 0.1) is 4.90 Å². The molecule has 0 aliphatic heterocycles. The van der Waals surface area contributed by atoms with Gasteiger partial charge in [-0.1, -0.05) is 39.7 Å². The van der Waals surface area contributed by atoms with Gasteiger partial charge in [0.2, 0.25) is 0 Å². The highest BCUT2D eigenvalue weighted by atomic mass is 79.9. The third-order valence-electron chi connectivity index (χ3n) is 3.81. The van der Waals surface area contributed by atoms with Gasteiger partial charge in [0.25, 0.3) is 15.9 Å². The summed E-state index contributed by atoms with van der Waals surface area (Å²) in [6.45, 7) is 1.89. The average Bonchev–Trinajstić information content (AvgIpc) is 2.64. The number of carbonyl (C=O) groups excluding carboxylic acids is 1. The maximum Gasteiger partial charge on any atom is 0.261 e. The van der Waals surface area contributed by atoms with Crippen LogP contribution in [0.5, 0.6) is 0 Å². The molecule has 0 aliphatic rings. The Hall–Kier alpha value is -2.64. The molecule has 5 nitrogen and oxygen atoms in total. The molecule has 3 aromatic carbocycles. The highest BCUT2D eigenvalue weighted by Gasteiger charge is 2.15. The summed E-state index contributed by atoms with van der Waals surface area (Å²) in [4.78, 5) is 12.6. The van der Waals surface area contributed by atoms with E-state index < -0.39 is 10.0 Å². The van der Waals surface area contributed by atoms with Crippen molar-refractivity contribution >= 4 is 43.2 Å². The number of sulfonamides is 1. The summed E-state index contributed by atoms with van der Waals surface area (Å²) in [6.07, 6.45) is 0. The van der Waals surface area contributed by atoms with Crippen molar-refractivity contribution in [3.8, 4) is 0 Å². The number of rotatable bonds is 5. The molecule has 0 saturated carbocycles. The van der Waals surface area contributed by atoms with Crippen molar-refractivity contribution in [3.63, 3.8) is 0 Å². The highest BCUT2D eigenvalue weighted by Crippen LogP contribution is 2.19. The molecule has 3 rings (SSSR count). The molecule has 7 heteroatoms. The fourth-order valence-electron chi connectivity index (χ4n) is 2.39. The van der Waals surface area contributed by atoms with E-state index in [0.29, 0.717) is 16.9 Å². The molecule has 0 heterocycles. The number of amides is 1. The highest BCUT2D eigenvalue weighted by molar-refractivity contribution is 9.10. The van der Waals surface area contributed by atoms with Gasteiger partial charge in [0.15, 0.2) is 0 Å². The fraction of sp³-hybridized carbons (Fsp3) is 0.0500. The Morgan fingerprint density at radius 2 is 1.56 bits per heavy atom. The van der Waals surface area contributed by atoms with Gasteiger partial charge in [-0.3, -0.25) is 9.52 Å². The molecule has 3 aromatic rings. The average molecular weight is 445 g/mol. The molecule has 0 bridgehead atoms. The van der Waals surface area contributed by atoms with Crippen LogP contribution >= 0.6 is 15.9 Å². The van der Waals surface area contributed by atoms with E-state index in [9.17, 15) is 13.2 Å². The second kappa shape index (κ2) is 7.94. The van der Waals surface area contributed by atoms with Gasteiger partial charge in [-0.2, -0.15) is 0 Å². The minimum atomic E-state index is -3.72. The van der Waals surface area contributed by atoms with Crippen LogP contribution in [0.25, 0.3) is 0 Å². The maximum atomic E-state index is 12.5. The number of carbonyl (C=O) groups is 1. The van der Waals surface area contributed by atoms with Crippen molar-refractivity contribution in [2.45, 2.75) is 11.8 Å². The van der Waals surface area contributed by atoms with Gasteiger partial charge in [0, 0.05) is 21.4 Å². The Morgan fingerprint density at radius 1 is 0.889 bits per heavy atom. The molecule has 0 fully saturated rings. The standard InChI is InChI=1S/C20H17BrN2O3S/c1-14-5-11-19(12-6-14)27(25,26)23-18-4-2-3-15(13-18)20(24)22-17-9-7-16(21)8-10-17/h2-13,23H,1H3,(H,22,24). The van der Waals surface area contributed by atoms with Crippen molar-refractivity contribution in [1.82, 2.24) is 0 Å². The third-order valence-corrected chi connectivity index (χ3v) is 5.74. The van der Waals surface area contributed by atoms with Gasteiger partial charge in [-0.05, 0) is 61.5 Å². The van der Waals surface area contributed by atoms with Crippen molar-refractivity contribution < 1.29 is 13.2 Å². The second-order valence-corrected chi connectivity index (χ2v) is 8.56. The summed E-state index contributed by atoms with van der Waals surface area (Å²) >= 11 is 3.34. The first-order chi connectivity index (χ1) is 12.8. The minimum Gasteiger partial charge on any atom is -0.322 e. The zero-order valence-corrected chi connectivity index (χ0v) is 16.8. The van der Waals surface area contributed by atoms with Crippen molar-refractivity contribution in [2.24, 2.45) is 0 Å². The summed E-state index contributed by atoms with van der Waals surface area (Å²) in [7, 11) is -3.72. The van der Waals surface area contributed by atoms with Crippen LogP contribution < -0.4 is 10.0 Å². The Morgan fingerprint density at radius 3 is 2.22 bits per heavy atom. The van der Waals surface area contributed by atoms with E-state index in [2.05, 4.69) is 26.0 Å². The smallest absolute Gasteiger partial charge is 0.261 e. The number of hydrogen-bond donors (Lipinski definition) is 2. The van der Waals surface area contributed by atoms with E-state index in [1.807, 2.05) is 19.1 Å². The van der Waals surface area contributed by atoms with Crippen LogP contribution in [0.15, 0.2) is 82.2 Å². The molecule has 0 aliphatic carbocycles. The lowest BCUT2D eigenvalue weighted by atomic mass is 10.2.